The van der Waals surface area contributed by atoms with Gasteiger partial charge in [-0.1, -0.05) is 0 Å². The Bertz CT molecular complexity index is 197. The molecule has 4 heteroatoms. The van der Waals surface area contributed by atoms with Gasteiger partial charge in [0.15, 0.2) is 0 Å². The fraction of sp³-hybridized carbons (Fsp3) is 1.00. The van der Waals surface area contributed by atoms with Gasteiger partial charge in [-0.05, 0) is 41.5 Å². The number of nitrogens with one attached hydrogen (secondary N) is 1. The zero-order chi connectivity index (χ0) is 13.0. The molecule has 0 saturated heterocycles. The van der Waals surface area contributed by atoms with E-state index in [0.29, 0.717) is 13.2 Å². The first kappa shape index (κ1) is 15.8. The summed E-state index contributed by atoms with van der Waals surface area (Å²) in [7, 11) is 0. The van der Waals surface area contributed by atoms with Crippen LogP contribution in [-0.4, -0.2) is 46.7 Å². The van der Waals surface area contributed by atoms with Crippen molar-refractivity contribution in [2.45, 2.75) is 64.9 Å². The SMILES string of the molecule is CC(C)OCC(O)CNC(C)(C)C(C)(C)O. The van der Waals surface area contributed by atoms with Gasteiger partial charge in [0.2, 0.25) is 0 Å². The van der Waals surface area contributed by atoms with Crippen molar-refractivity contribution < 1.29 is 14.9 Å². The van der Waals surface area contributed by atoms with Crippen LogP contribution in [-0.2, 0) is 4.74 Å². The zero-order valence-electron chi connectivity index (χ0n) is 11.4. The Morgan fingerprint density at radius 2 is 1.69 bits per heavy atom. The van der Waals surface area contributed by atoms with E-state index in [1.165, 1.54) is 0 Å². The van der Waals surface area contributed by atoms with Crippen molar-refractivity contribution in [1.29, 1.82) is 0 Å². The Morgan fingerprint density at radius 3 is 2.06 bits per heavy atom. The monoisotopic (exact) mass is 233 g/mol. The molecular formula is C12H27NO3. The van der Waals surface area contributed by atoms with E-state index in [0.717, 1.165) is 0 Å². The van der Waals surface area contributed by atoms with Crippen molar-refractivity contribution in [1.82, 2.24) is 5.32 Å². The number of hydrogen-bond donors (Lipinski definition) is 3. The molecule has 0 saturated carbocycles. The molecule has 0 aromatic rings. The molecule has 0 aliphatic rings. The summed E-state index contributed by atoms with van der Waals surface area (Å²) in [6, 6.07) is 0. The van der Waals surface area contributed by atoms with E-state index in [4.69, 9.17) is 4.74 Å². The van der Waals surface area contributed by atoms with Gasteiger partial charge < -0.3 is 20.3 Å². The predicted molar refractivity (Wildman–Crippen MR) is 65.5 cm³/mol. The minimum Gasteiger partial charge on any atom is -0.389 e. The second kappa shape index (κ2) is 5.96. The summed E-state index contributed by atoms with van der Waals surface area (Å²) in [6.07, 6.45) is -0.430. The summed E-state index contributed by atoms with van der Waals surface area (Å²) < 4.78 is 5.30. The third kappa shape index (κ3) is 5.80. The van der Waals surface area contributed by atoms with Gasteiger partial charge in [0.1, 0.15) is 0 Å². The van der Waals surface area contributed by atoms with Gasteiger partial charge in [0.25, 0.3) is 0 Å². The topological polar surface area (TPSA) is 61.7 Å². The molecule has 1 atom stereocenters. The second-order valence-corrected chi connectivity index (χ2v) is 5.60. The lowest BCUT2D eigenvalue weighted by Gasteiger charge is -2.38. The quantitative estimate of drug-likeness (QED) is 0.612. The van der Waals surface area contributed by atoms with Gasteiger partial charge in [-0.15, -0.1) is 0 Å². The van der Waals surface area contributed by atoms with Gasteiger partial charge in [0, 0.05) is 12.1 Å². The highest BCUT2D eigenvalue weighted by Crippen LogP contribution is 2.20. The molecule has 0 rings (SSSR count). The maximum atomic E-state index is 9.90. The largest absolute Gasteiger partial charge is 0.389 e. The molecule has 0 aromatic heterocycles. The van der Waals surface area contributed by atoms with E-state index < -0.39 is 17.2 Å². The van der Waals surface area contributed by atoms with E-state index in [-0.39, 0.29) is 6.10 Å². The molecule has 0 spiro atoms. The van der Waals surface area contributed by atoms with Gasteiger partial charge in [0.05, 0.1) is 24.4 Å². The van der Waals surface area contributed by atoms with Gasteiger partial charge in [-0.3, -0.25) is 0 Å². The van der Waals surface area contributed by atoms with Crippen molar-refractivity contribution >= 4 is 0 Å². The van der Waals surface area contributed by atoms with E-state index in [2.05, 4.69) is 5.32 Å². The first-order valence-electron chi connectivity index (χ1n) is 5.83. The molecule has 3 N–H and O–H groups in total. The maximum absolute atomic E-state index is 9.90. The van der Waals surface area contributed by atoms with E-state index in [9.17, 15) is 10.2 Å². The predicted octanol–water partition coefficient (Wildman–Crippen LogP) is 0.911. The number of β-amino-alcohol motifs (C(OH)–C–C–N with tert-alkyl or cyclic N) is 1. The van der Waals surface area contributed by atoms with Crippen LogP contribution >= 0.6 is 0 Å². The highest BCUT2D eigenvalue weighted by Gasteiger charge is 2.34. The average Bonchev–Trinajstić information content (AvgIpc) is 2.09. The fourth-order valence-electron chi connectivity index (χ4n) is 0.952. The van der Waals surface area contributed by atoms with Crippen LogP contribution in [0.4, 0.5) is 0 Å². The molecule has 0 aliphatic heterocycles. The number of ether oxygens (including phenoxy) is 1. The van der Waals surface area contributed by atoms with Crippen LogP contribution in [0.2, 0.25) is 0 Å². The highest BCUT2D eigenvalue weighted by molar-refractivity contribution is 4.93. The fourth-order valence-corrected chi connectivity index (χ4v) is 0.952. The second-order valence-electron chi connectivity index (χ2n) is 5.60. The lowest BCUT2D eigenvalue weighted by molar-refractivity contribution is -0.0243. The van der Waals surface area contributed by atoms with Crippen LogP contribution in [0.25, 0.3) is 0 Å². The molecule has 0 bridgehead atoms. The highest BCUT2D eigenvalue weighted by atomic mass is 16.5. The van der Waals surface area contributed by atoms with Crippen LogP contribution in [0.5, 0.6) is 0 Å². The van der Waals surface area contributed by atoms with Crippen molar-refractivity contribution in [2.24, 2.45) is 0 Å². The number of rotatable bonds is 7. The molecule has 4 nitrogen and oxygen atoms in total. The summed E-state index contributed by atoms with van der Waals surface area (Å²) in [5.41, 5.74) is -1.29. The molecule has 0 aromatic carbocycles. The summed E-state index contributed by atoms with van der Waals surface area (Å²) >= 11 is 0. The standard InChI is InChI=1S/C12H27NO3/c1-9(2)16-8-10(14)7-13-11(3,4)12(5,6)15/h9-10,13-15H,7-8H2,1-6H3. The Balaban J connectivity index is 3.96. The molecule has 98 valence electrons. The minimum atomic E-state index is -0.842. The number of hydrogen-bond acceptors (Lipinski definition) is 4. The molecule has 0 aliphatic carbocycles. The number of aliphatic hydroxyl groups is 2. The molecule has 0 amide bonds. The molecule has 1 unspecified atom stereocenters. The third-order valence-electron chi connectivity index (χ3n) is 2.93. The number of aliphatic hydroxyl groups excluding tert-OH is 1. The minimum absolute atomic E-state index is 0.122. The first-order chi connectivity index (χ1) is 7.06. The first-order valence-corrected chi connectivity index (χ1v) is 5.83. The molecule has 0 radical (unpaired) electrons. The molecule has 0 heterocycles. The van der Waals surface area contributed by atoms with Crippen molar-refractivity contribution in [2.75, 3.05) is 13.2 Å². The maximum Gasteiger partial charge on any atom is 0.0898 e. The summed E-state index contributed by atoms with van der Waals surface area (Å²) in [4.78, 5) is 0. The smallest absolute Gasteiger partial charge is 0.0898 e. The Labute approximate surface area is 99.0 Å². The Hall–Kier alpha value is -0.160. The van der Waals surface area contributed by atoms with Gasteiger partial charge in [-0.2, -0.15) is 0 Å². The van der Waals surface area contributed by atoms with Crippen molar-refractivity contribution in [3.8, 4) is 0 Å². The lowest BCUT2D eigenvalue weighted by atomic mass is 9.86. The lowest BCUT2D eigenvalue weighted by Crippen LogP contribution is -2.57. The molecule has 0 fully saturated rings. The molecular weight excluding hydrogens is 206 g/mol. The summed E-state index contributed by atoms with van der Waals surface area (Å²) in [6.45, 7) is 11.9. The summed E-state index contributed by atoms with van der Waals surface area (Å²) in [5.74, 6) is 0. The van der Waals surface area contributed by atoms with Gasteiger partial charge >= 0.3 is 0 Å². The van der Waals surface area contributed by atoms with E-state index in [1.54, 1.807) is 13.8 Å². The third-order valence-corrected chi connectivity index (χ3v) is 2.93. The van der Waals surface area contributed by atoms with Crippen LogP contribution in [0.1, 0.15) is 41.5 Å². The van der Waals surface area contributed by atoms with Gasteiger partial charge in [-0.25, -0.2) is 0 Å². The van der Waals surface area contributed by atoms with Crippen LogP contribution in [0.15, 0.2) is 0 Å². The average molecular weight is 233 g/mol. The Kier molecular flexibility index (Phi) is 5.90. The van der Waals surface area contributed by atoms with Crippen LogP contribution < -0.4 is 5.32 Å². The normalized spacial score (nSPS) is 15.6. The van der Waals surface area contributed by atoms with E-state index >= 15 is 0 Å². The van der Waals surface area contributed by atoms with Crippen molar-refractivity contribution in [3.63, 3.8) is 0 Å². The van der Waals surface area contributed by atoms with E-state index in [1.807, 2.05) is 27.7 Å². The summed E-state index contributed by atoms with van der Waals surface area (Å²) in [5, 5.41) is 22.7. The molecule has 16 heavy (non-hydrogen) atoms. The van der Waals surface area contributed by atoms with Crippen molar-refractivity contribution in [3.05, 3.63) is 0 Å². The Morgan fingerprint density at radius 1 is 1.19 bits per heavy atom. The van der Waals surface area contributed by atoms with Crippen LogP contribution in [0, 0.1) is 0 Å². The zero-order valence-corrected chi connectivity index (χ0v) is 11.4. The van der Waals surface area contributed by atoms with Crippen LogP contribution in [0.3, 0.4) is 0 Å².